The quantitative estimate of drug-likeness (QED) is 0.0762. The Balaban J connectivity index is 1.45. The largest absolute Gasteiger partial charge is 0.497 e. The van der Waals surface area contributed by atoms with Crippen LogP contribution in [0.3, 0.4) is 0 Å². The van der Waals surface area contributed by atoms with Gasteiger partial charge < -0.3 is 26.0 Å². The Morgan fingerprint density at radius 2 is 1.67 bits per heavy atom. The first-order valence-electron chi connectivity index (χ1n) is 16.5. The molecule has 1 fully saturated rings. The summed E-state index contributed by atoms with van der Waals surface area (Å²) >= 11 is 2.16. The molecule has 2 amide bonds. The molecule has 1 saturated heterocycles. The number of amides is 2. The van der Waals surface area contributed by atoms with Crippen molar-refractivity contribution in [1.82, 2.24) is 10.3 Å². The Bertz CT molecular complexity index is 1910. The fraction of sp³-hybridized carbons (Fsp3) is 0.316. The Kier molecular flexibility index (Phi) is 12.0. The van der Waals surface area contributed by atoms with E-state index in [-0.39, 0.29) is 29.0 Å². The van der Waals surface area contributed by atoms with Crippen LogP contribution in [0.5, 0.6) is 5.75 Å². The minimum atomic E-state index is -4.50. The van der Waals surface area contributed by atoms with E-state index in [9.17, 15) is 27.6 Å². The zero-order valence-electron chi connectivity index (χ0n) is 28.3. The van der Waals surface area contributed by atoms with Crippen LogP contribution >= 0.6 is 22.6 Å². The van der Waals surface area contributed by atoms with Crippen LogP contribution < -0.4 is 26.0 Å². The van der Waals surface area contributed by atoms with Crippen molar-refractivity contribution in [3.8, 4) is 17.0 Å². The van der Waals surface area contributed by atoms with E-state index in [1.54, 1.807) is 25.1 Å². The molecular weight excluding hydrogens is 774 g/mol. The van der Waals surface area contributed by atoms with E-state index in [0.29, 0.717) is 39.1 Å². The molecule has 2 heterocycles. The average Bonchev–Trinajstić information content (AvgIpc) is 3.13. The molecule has 0 saturated carbocycles. The number of hydrogen-bond acceptors (Lipinski definition) is 7. The molecule has 9 nitrogen and oxygen atoms in total. The van der Waals surface area contributed by atoms with Crippen LogP contribution in [0.25, 0.3) is 11.3 Å². The molecule has 13 heteroatoms. The van der Waals surface area contributed by atoms with Crippen molar-refractivity contribution >= 4 is 51.6 Å². The molecule has 0 aliphatic carbocycles. The van der Waals surface area contributed by atoms with Crippen LogP contribution in [0.4, 0.5) is 24.5 Å². The molecular formula is C38H39F3IN5O4. The number of halogens is 4. The molecule has 51 heavy (non-hydrogen) atoms. The predicted molar refractivity (Wildman–Crippen MR) is 200 cm³/mol. The first-order valence-corrected chi connectivity index (χ1v) is 18.0. The number of pyridine rings is 1. The number of piperidine rings is 1. The Morgan fingerprint density at radius 3 is 2.37 bits per heavy atom. The smallest absolute Gasteiger partial charge is 0.416 e. The molecule has 1 atom stereocenters. The SMILES string of the molecule is COc1cc(C(=O)Nc2ccc(N3CCCCC3)cc2-c2cc(C(=O)NCc3cccc(C(F)(F)F)c3)ccn2)cc(C(=O)C(C)(N)CCI)c1. The third-order valence-corrected chi connectivity index (χ3v) is 9.32. The molecule has 0 radical (unpaired) electrons. The van der Waals surface area contributed by atoms with Crippen molar-refractivity contribution < 1.29 is 32.3 Å². The van der Waals surface area contributed by atoms with Crippen molar-refractivity contribution in [1.29, 1.82) is 0 Å². The maximum absolute atomic E-state index is 13.8. The molecule has 4 N–H and O–H groups in total. The number of methoxy groups -OCH3 is 1. The van der Waals surface area contributed by atoms with Crippen molar-refractivity contribution in [2.24, 2.45) is 5.73 Å². The first-order chi connectivity index (χ1) is 24.3. The molecule has 268 valence electrons. The van der Waals surface area contributed by atoms with E-state index in [0.717, 1.165) is 50.2 Å². The van der Waals surface area contributed by atoms with Gasteiger partial charge in [-0.25, -0.2) is 0 Å². The molecule has 0 spiro atoms. The lowest BCUT2D eigenvalue weighted by Crippen LogP contribution is -2.45. The number of ether oxygens (including phenoxy) is 1. The number of rotatable bonds is 12. The third-order valence-electron chi connectivity index (χ3n) is 8.78. The number of alkyl halides is 4. The number of anilines is 2. The highest BCUT2D eigenvalue weighted by atomic mass is 127. The highest BCUT2D eigenvalue weighted by Crippen LogP contribution is 2.34. The highest BCUT2D eigenvalue weighted by molar-refractivity contribution is 14.1. The Hall–Kier alpha value is -4.50. The highest BCUT2D eigenvalue weighted by Gasteiger charge is 2.31. The van der Waals surface area contributed by atoms with E-state index in [1.165, 1.54) is 43.6 Å². The van der Waals surface area contributed by atoms with E-state index in [2.05, 4.69) is 43.1 Å². The molecule has 1 unspecified atom stereocenters. The number of carbonyl (C=O) groups excluding carboxylic acids is 3. The minimum absolute atomic E-state index is 0.113. The van der Waals surface area contributed by atoms with Gasteiger partial charge in [-0.15, -0.1) is 0 Å². The maximum atomic E-state index is 13.8. The van der Waals surface area contributed by atoms with Gasteiger partial charge in [-0.05, 0) is 98.8 Å². The summed E-state index contributed by atoms with van der Waals surface area (Å²) in [5.41, 5.74) is 7.67. The van der Waals surface area contributed by atoms with Gasteiger partial charge in [0.25, 0.3) is 11.8 Å². The second-order valence-electron chi connectivity index (χ2n) is 12.7. The third kappa shape index (κ3) is 9.44. The number of ketones is 1. The number of benzene rings is 3. The zero-order valence-corrected chi connectivity index (χ0v) is 30.4. The number of aromatic nitrogens is 1. The summed E-state index contributed by atoms with van der Waals surface area (Å²) in [6.45, 7) is 3.29. The number of carbonyl (C=O) groups is 3. The van der Waals surface area contributed by atoms with Gasteiger partial charge in [-0.3, -0.25) is 19.4 Å². The van der Waals surface area contributed by atoms with Gasteiger partial charge in [0.1, 0.15) is 5.75 Å². The summed E-state index contributed by atoms with van der Waals surface area (Å²) in [4.78, 5) is 47.2. The number of nitrogens with one attached hydrogen (secondary N) is 2. The van der Waals surface area contributed by atoms with Gasteiger partial charge in [0.2, 0.25) is 0 Å². The van der Waals surface area contributed by atoms with Crippen LogP contribution in [0.15, 0.2) is 79.0 Å². The van der Waals surface area contributed by atoms with Gasteiger partial charge in [0, 0.05) is 58.2 Å². The van der Waals surface area contributed by atoms with E-state index in [4.69, 9.17) is 10.5 Å². The van der Waals surface area contributed by atoms with E-state index in [1.807, 2.05) is 12.1 Å². The van der Waals surface area contributed by atoms with Gasteiger partial charge >= 0.3 is 6.18 Å². The van der Waals surface area contributed by atoms with Crippen LogP contribution in [-0.4, -0.2) is 52.7 Å². The monoisotopic (exact) mass is 813 g/mol. The van der Waals surface area contributed by atoms with Gasteiger partial charge in [0.15, 0.2) is 5.78 Å². The number of nitrogens with zero attached hydrogens (tertiary/aromatic N) is 2. The number of nitrogens with two attached hydrogens (primary N) is 1. The molecule has 1 aliphatic heterocycles. The second-order valence-corrected chi connectivity index (χ2v) is 13.8. The summed E-state index contributed by atoms with van der Waals surface area (Å²) in [7, 11) is 1.45. The molecule has 4 aromatic rings. The topological polar surface area (TPSA) is 127 Å². The lowest BCUT2D eigenvalue weighted by molar-refractivity contribution is -0.137. The second kappa shape index (κ2) is 16.2. The van der Waals surface area contributed by atoms with Crippen molar-refractivity contribution in [2.45, 2.75) is 50.9 Å². The number of hydrogen-bond donors (Lipinski definition) is 3. The first kappa shape index (κ1) is 37.7. The zero-order chi connectivity index (χ0) is 36.8. The van der Waals surface area contributed by atoms with Gasteiger partial charge in [-0.2, -0.15) is 13.2 Å². The molecule has 3 aromatic carbocycles. The molecule has 0 bridgehead atoms. The summed E-state index contributed by atoms with van der Waals surface area (Å²) in [5, 5.41) is 5.65. The summed E-state index contributed by atoms with van der Waals surface area (Å²) < 4.78 is 45.7. The maximum Gasteiger partial charge on any atom is 0.416 e. The minimum Gasteiger partial charge on any atom is -0.497 e. The van der Waals surface area contributed by atoms with Crippen molar-refractivity contribution in [3.05, 3.63) is 107 Å². The van der Waals surface area contributed by atoms with Gasteiger partial charge in [-0.1, -0.05) is 34.7 Å². The van der Waals surface area contributed by atoms with E-state index < -0.39 is 29.1 Å². The number of Topliss-reactive ketones (excluding diaryl/α,β-unsaturated/α-hetero) is 1. The van der Waals surface area contributed by atoms with Crippen LogP contribution in [-0.2, 0) is 12.7 Å². The fourth-order valence-corrected chi connectivity index (χ4v) is 7.00. The molecule has 1 aliphatic rings. The normalized spacial score (nSPS) is 14.4. The Labute approximate surface area is 308 Å². The van der Waals surface area contributed by atoms with Gasteiger partial charge in [0.05, 0.1) is 29.6 Å². The standard InChI is InChI=1S/C38H39F3IN5O4/c1-37(43,12-13-42)34(48)26-18-27(20-30(19-26)51-2)36(50)46-32-10-9-29(47-15-4-3-5-16-47)22-31(32)33-21-25(11-14-44-33)35(49)45-23-24-7-6-8-28(17-24)38(39,40)41/h6-11,14,17-22H,3-5,12-13,15-16,23,43H2,1-2H3,(H,45,49)(H,46,50). The Morgan fingerprint density at radius 1 is 0.922 bits per heavy atom. The molecule has 5 rings (SSSR count). The molecule has 1 aromatic heterocycles. The van der Waals surface area contributed by atoms with Crippen LogP contribution in [0.1, 0.15) is 74.8 Å². The summed E-state index contributed by atoms with van der Waals surface area (Å²) in [5.74, 6) is -0.997. The van der Waals surface area contributed by atoms with Crippen LogP contribution in [0.2, 0.25) is 0 Å². The van der Waals surface area contributed by atoms with E-state index >= 15 is 0 Å². The fourth-order valence-electron chi connectivity index (χ4n) is 5.88. The lowest BCUT2D eigenvalue weighted by atomic mass is 9.89. The van der Waals surface area contributed by atoms with Crippen molar-refractivity contribution in [3.63, 3.8) is 0 Å². The van der Waals surface area contributed by atoms with Crippen LogP contribution in [0, 0.1) is 0 Å². The predicted octanol–water partition coefficient (Wildman–Crippen LogP) is 7.67. The lowest BCUT2D eigenvalue weighted by Gasteiger charge is -2.29. The average molecular weight is 814 g/mol. The summed E-state index contributed by atoms with van der Waals surface area (Å²) in [6, 6.07) is 18.1. The van der Waals surface area contributed by atoms with Crippen molar-refractivity contribution in [2.75, 3.05) is 34.8 Å². The summed E-state index contributed by atoms with van der Waals surface area (Å²) in [6.07, 6.45) is 0.653.